The van der Waals surface area contributed by atoms with Crippen molar-refractivity contribution in [1.29, 1.82) is 0 Å². The number of ether oxygens (including phenoxy) is 2. The van der Waals surface area contributed by atoms with Crippen molar-refractivity contribution in [2.24, 2.45) is 0 Å². The Morgan fingerprint density at radius 2 is 2.08 bits per heavy atom. The molecule has 3 rings (SSSR count). The largest absolute Gasteiger partial charge is 0.487 e. The molecule has 0 spiro atoms. The minimum absolute atomic E-state index is 0.0899. The highest BCUT2D eigenvalue weighted by molar-refractivity contribution is 6.33. The molecule has 1 aliphatic rings. The second kappa shape index (κ2) is 6.73. The number of anilines is 1. The Kier molecular flexibility index (Phi) is 4.67. The summed E-state index contributed by atoms with van der Waals surface area (Å²) < 4.78 is 11.6. The summed E-state index contributed by atoms with van der Waals surface area (Å²) in [5.41, 5.74) is 1.57. The van der Waals surface area contributed by atoms with Gasteiger partial charge in [0, 0.05) is 6.07 Å². The van der Waals surface area contributed by atoms with Crippen molar-refractivity contribution in [3.05, 3.63) is 53.1 Å². The van der Waals surface area contributed by atoms with Gasteiger partial charge in [-0.25, -0.2) is 0 Å². The fourth-order valence-corrected chi connectivity index (χ4v) is 2.79. The molecule has 0 aliphatic carbocycles. The van der Waals surface area contributed by atoms with E-state index in [-0.39, 0.29) is 18.1 Å². The van der Waals surface area contributed by atoms with Crippen LogP contribution < -0.4 is 14.8 Å². The van der Waals surface area contributed by atoms with Crippen LogP contribution in [0, 0.1) is 0 Å². The Bertz CT molecular complexity index is 758. The first-order valence-electron chi connectivity index (χ1n) is 7.92. The van der Waals surface area contributed by atoms with Crippen molar-refractivity contribution in [3.63, 3.8) is 0 Å². The average molecular weight is 346 g/mol. The van der Waals surface area contributed by atoms with Crippen molar-refractivity contribution in [1.82, 2.24) is 0 Å². The van der Waals surface area contributed by atoms with E-state index in [1.807, 2.05) is 30.3 Å². The van der Waals surface area contributed by atoms with E-state index in [0.29, 0.717) is 16.5 Å². The molecule has 5 heteroatoms. The summed E-state index contributed by atoms with van der Waals surface area (Å²) in [4.78, 5) is 12.0. The van der Waals surface area contributed by atoms with Gasteiger partial charge in [0.1, 0.15) is 17.1 Å². The van der Waals surface area contributed by atoms with Crippen molar-refractivity contribution in [2.45, 2.75) is 32.3 Å². The van der Waals surface area contributed by atoms with Gasteiger partial charge in [-0.2, -0.15) is 0 Å². The zero-order chi connectivity index (χ0) is 17.2. The minimum Gasteiger partial charge on any atom is -0.487 e. The fourth-order valence-electron chi connectivity index (χ4n) is 2.61. The highest BCUT2D eigenvalue weighted by Gasteiger charge is 2.26. The molecule has 0 atom stereocenters. The third-order valence-corrected chi connectivity index (χ3v) is 4.27. The van der Waals surface area contributed by atoms with E-state index in [2.05, 4.69) is 19.2 Å². The summed E-state index contributed by atoms with van der Waals surface area (Å²) in [5, 5.41) is 3.22. The van der Waals surface area contributed by atoms with Crippen molar-refractivity contribution in [2.75, 3.05) is 11.9 Å². The van der Waals surface area contributed by atoms with Crippen LogP contribution in [0.5, 0.6) is 11.5 Å². The summed E-state index contributed by atoms with van der Waals surface area (Å²) in [7, 11) is 0. The quantitative estimate of drug-likeness (QED) is 0.889. The predicted molar refractivity (Wildman–Crippen MR) is 95.0 cm³/mol. The van der Waals surface area contributed by atoms with E-state index in [9.17, 15) is 4.79 Å². The zero-order valence-electron chi connectivity index (χ0n) is 13.8. The molecule has 126 valence electrons. The molecule has 0 bridgehead atoms. The van der Waals surface area contributed by atoms with Gasteiger partial charge < -0.3 is 14.8 Å². The van der Waals surface area contributed by atoms with Gasteiger partial charge in [0.2, 0.25) is 0 Å². The number of hydrogen-bond acceptors (Lipinski definition) is 3. The van der Waals surface area contributed by atoms with Gasteiger partial charge in [0.25, 0.3) is 5.91 Å². The summed E-state index contributed by atoms with van der Waals surface area (Å²) in [6, 6.07) is 12.8. The monoisotopic (exact) mass is 345 g/mol. The maximum Gasteiger partial charge on any atom is 0.262 e. The number of para-hydroxylation sites is 1. The number of rotatable bonds is 4. The number of aryl methyl sites for hydroxylation is 1. The molecule has 1 N–H and O–H groups in total. The average Bonchev–Trinajstić information content (AvgIpc) is 2.54. The first kappa shape index (κ1) is 16.7. The first-order chi connectivity index (χ1) is 11.4. The molecule has 2 aromatic rings. The van der Waals surface area contributed by atoms with Crippen LogP contribution in [0.2, 0.25) is 5.02 Å². The van der Waals surface area contributed by atoms with E-state index in [1.54, 1.807) is 12.1 Å². The molecule has 0 fully saturated rings. The number of fused-ring (bicyclic) bond motifs is 1. The molecule has 0 radical (unpaired) electrons. The lowest BCUT2D eigenvalue weighted by Crippen LogP contribution is -2.32. The molecule has 1 heterocycles. The van der Waals surface area contributed by atoms with E-state index in [0.717, 1.165) is 18.6 Å². The summed E-state index contributed by atoms with van der Waals surface area (Å²) >= 11 is 6.02. The third-order valence-electron chi connectivity index (χ3n) is 3.94. The minimum atomic E-state index is -0.262. The molecule has 0 unspecified atom stereocenters. The maximum absolute atomic E-state index is 12.0. The number of benzene rings is 2. The van der Waals surface area contributed by atoms with Crippen molar-refractivity contribution >= 4 is 23.2 Å². The maximum atomic E-state index is 12.0. The van der Waals surface area contributed by atoms with Gasteiger partial charge in [-0.1, -0.05) is 29.8 Å². The standard InChI is InChI=1S/C19H20ClNO3/c1-19(2)10-9-13-7-8-14(11-17(13)24-19)23-12-18(22)21-16-6-4-3-5-15(16)20/h3-8,11H,9-10,12H2,1-2H3,(H,21,22). The Balaban J connectivity index is 1.61. The van der Waals surface area contributed by atoms with Gasteiger partial charge in [0.05, 0.1) is 10.7 Å². The molecule has 0 saturated carbocycles. The molecule has 0 aromatic heterocycles. The number of halogens is 1. The number of hydrogen-bond donors (Lipinski definition) is 1. The van der Waals surface area contributed by atoms with Crippen LogP contribution in [-0.2, 0) is 11.2 Å². The van der Waals surface area contributed by atoms with Crippen molar-refractivity contribution in [3.8, 4) is 11.5 Å². The van der Waals surface area contributed by atoms with E-state index in [4.69, 9.17) is 21.1 Å². The lowest BCUT2D eigenvalue weighted by atomic mass is 9.94. The van der Waals surface area contributed by atoms with E-state index < -0.39 is 0 Å². The molecular weight excluding hydrogens is 326 g/mol. The molecule has 4 nitrogen and oxygen atoms in total. The molecule has 0 saturated heterocycles. The number of nitrogens with one attached hydrogen (secondary N) is 1. The van der Waals surface area contributed by atoms with Crippen LogP contribution >= 0.6 is 11.6 Å². The van der Waals surface area contributed by atoms with Crippen LogP contribution in [0.3, 0.4) is 0 Å². The molecule has 24 heavy (non-hydrogen) atoms. The second-order valence-corrected chi connectivity index (χ2v) is 6.86. The second-order valence-electron chi connectivity index (χ2n) is 6.45. The smallest absolute Gasteiger partial charge is 0.262 e. The highest BCUT2D eigenvalue weighted by atomic mass is 35.5. The van der Waals surface area contributed by atoms with Gasteiger partial charge in [-0.3, -0.25) is 4.79 Å². The lowest BCUT2D eigenvalue weighted by Gasteiger charge is -2.32. The van der Waals surface area contributed by atoms with Crippen LogP contribution in [0.25, 0.3) is 0 Å². The van der Waals surface area contributed by atoms with Gasteiger partial charge in [0.15, 0.2) is 6.61 Å². The number of amides is 1. The number of carbonyl (C=O) groups excluding carboxylic acids is 1. The molecular formula is C19H20ClNO3. The Morgan fingerprint density at radius 1 is 1.29 bits per heavy atom. The summed E-state index contributed by atoms with van der Waals surface area (Å²) in [6.45, 7) is 4.05. The van der Waals surface area contributed by atoms with Gasteiger partial charge in [-0.15, -0.1) is 0 Å². The van der Waals surface area contributed by atoms with Crippen LogP contribution in [0.4, 0.5) is 5.69 Å². The summed E-state index contributed by atoms with van der Waals surface area (Å²) in [5.74, 6) is 1.18. The Morgan fingerprint density at radius 3 is 2.88 bits per heavy atom. The predicted octanol–water partition coefficient (Wildman–Crippen LogP) is 4.46. The SMILES string of the molecule is CC1(C)CCc2ccc(OCC(=O)Nc3ccccc3Cl)cc2O1. The van der Waals surface area contributed by atoms with Crippen LogP contribution in [-0.4, -0.2) is 18.1 Å². The number of carbonyl (C=O) groups is 1. The normalized spacial score (nSPS) is 15.1. The topological polar surface area (TPSA) is 47.6 Å². The third kappa shape index (κ3) is 4.01. The Labute approximate surface area is 146 Å². The zero-order valence-corrected chi connectivity index (χ0v) is 14.5. The van der Waals surface area contributed by atoms with E-state index >= 15 is 0 Å². The first-order valence-corrected chi connectivity index (χ1v) is 8.30. The molecule has 1 amide bonds. The Hall–Kier alpha value is -2.20. The van der Waals surface area contributed by atoms with Crippen LogP contribution in [0.15, 0.2) is 42.5 Å². The lowest BCUT2D eigenvalue weighted by molar-refractivity contribution is -0.118. The molecule has 1 aliphatic heterocycles. The van der Waals surface area contributed by atoms with Gasteiger partial charge in [-0.05, 0) is 50.5 Å². The van der Waals surface area contributed by atoms with Crippen molar-refractivity contribution < 1.29 is 14.3 Å². The van der Waals surface area contributed by atoms with E-state index in [1.165, 1.54) is 5.56 Å². The molecule has 2 aromatic carbocycles. The summed E-state index contributed by atoms with van der Waals surface area (Å²) in [6.07, 6.45) is 1.97. The highest BCUT2D eigenvalue weighted by Crippen LogP contribution is 2.35. The van der Waals surface area contributed by atoms with Gasteiger partial charge >= 0.3 is 0 Å². The fraction of sp³-hybridized carbons (Fsp3) is 0.316. The van der Waals surface area contributed by atoms with Crippen LogP contribution in [0.1, 0.15) is 25.8 Å².